The van der Waals surface area contributed by atoms with E-state index in [1.54, 1.807) is 0 Å². The molecule has 0 radical (unpaired) electrons. The number of benzene rings is 1. The van der Waals surface area contributed by atoms with Crippen LogP contribution in [0.25, 0.3) is 11.0 Å². The highest BCUT2D eigenvalue weighted by atomic mass is 32.2. The molecule has 0 aliphatic rings. The number of halogens is 3. The van der Waals surface area contributed by atoms with E-state index in [-0.39, 0.29) is 15.0 Å². The van der Waals surface area contributed by atoms with Gasteiger partial charge in [0.25, 0.3) is 0 Å². The lowest BCUT2D eigenvalue weighted by atomic mass is 10.3. The van der Waals surface area contributed by atoms with Crippen molar-refractivity contribution in [2.45, 2.75) is 5.51 Å². The minimum atomic E-state index is -5.73. The average Bonchev–Trinajstić information content (AvgIpc) is 2.51. The normalized spacial score (nSPS) is 13.1. The van der Waals surface area contributed by atoms with Crippen LogP contribution in [0.5, 0.6) is 0 Å². The Morgan fingerprint density at radius 2 is 1.61 bits per heavy atom. The molecule has 2 aromatic rings. The summed E-state index contributed by atoms with van der Waals surface area (Å²) in [4.78, 5) is 11.6. The monoisotopic (exact) mass is 280 g/mol. The van der Waals surface area contributed by atoms with Crippen LogP contribution < -0.4 is 5.69 Å². The van der Waals surface area contributed by atoms with Crippen molar-refractivity contribution in [1.82, 2.24) is 8.54 Å². The van der Waals surface area contributed by atoms with Gasteiger partial charge in [-0.15, -0.1) is 0 Å². The van der Waals surface area contributed by atoms with Gasteiger partial charge in [-0.3, -0.25) is 4.57 Å². The molecule has 0 N–H and O–H groups in total. The molecule has 98 valence electrons. The molecule has 1 aromatic heterocycles. The van der Waals surface area contributed by atoms with Gasteiger partial charge in [0.2, 0.25) is 0 Å². The van der Waals surface area contributed by atoms with E-state index in [1.165, 1.54) is 25.2 Å². The van der Waals surface area contributed by atoms with Crippen LogP contribution in [-0.2, 0) is 17.1 Å². The first-order chi connectivity index (χ1) is 8.18. The highest BCUT2D eigenvalue weighted by Gasteiger charge is 2.49. The van der Waals surface area contributed by atoms with Gasteiger partial charge in [0, 0.05) is 7.05 Å². The molecule has 1 aromatic carbocycles. The third-order valence-electron chi connectivity index (χ3n) is 2.46. The SMILES string of the molecule is Cn1c(=O)n(S(=O)(=O)C(F)(F)F)c2ccccc21. The lowest BCUT2D eigenvalue weighted by Gasteiger charge is -2.08. The first-order valence-corrected chi connectivity index (χ1v) is 6.10. The van der Waals surface area contributed by atoms with Gasteiger partial charge in [-0.1, -0.05) is 12.1 Å². The molecule has 1 heterocycles. The molecular weight excluding hydrogens is 273 g/mol. The molecule has 0 aliphatic carbocycles. The van der Waals surface area contributed by atoms with Crippen LogP contribution in [0, 0.1) is 0 Å². The quantitative estimate of drug-likeness (QED) is 0.784. The summed E-state index contributed by atoms with van der Waals surface area (Å²) in [6, 6.07) is 5.34. The van der Waals surface area contributed by atoms with E-state index in [2.05, 4.69) is 0 Å². The molecule has 0 atom stereocenters. The third kappa shape index (κ3) is 1.54. The molecule has 0 spiro atoms. The van der Waals surface area contributed by atoms with E-state index in [4.69, 9.17) is 0 Å². The lowest BCUT2D eigenvalue weighted by Crippen LogP contribution is -2.37. The molecule has 18 heavy (non-hydrogen) atoms. The lowest BCUT2D eigenvalue weighted by molar-refractivity contribution is -0.0446. The fourth-order valence-corrected chi connectivity index (χ4v) is 2.55. The Kier molecular flexibility index (Phi) is 2.54. The molecular formula is C9H7F3N2O3S. The van der Waals surface area contributed by atoms with Crippen LogP contribution in [0.2, 0.25) is 0 Å². The molecule has 9 heteroatoms. The molecule has 0 amide bonds. The second-order valence-electron chi connectivity index (χ2n) is 3.55. The maximum absolute atomic E-state index is 12.5. The van der Waals surface area contributed by atoms with E-state index in [9.17, 15) is 26.4 Å². The fourth-order valence-electron chi connectivity index (χ4n) is 1.60. The van der Waals surface area contributed by atoms with Crippen LogP contribution in [-0.4, -0.2) is 22.5 Å². The van der Waals surface area contributed by atoms with Crippen LogP contribution >= 0.6 is 0 Å². The molecule has 0 aliphatic heterocycles. The zero-order valence-electron chi connectivity index (χ0n) is 8.97. The number of aromatic nitrogens is 2. The van der Waals surface area contributed by atoms with Gasteiger partial charge in [0.15, 0.2) is 0 Å². The summed E-state index contributed by atoms with van der Waals surface area (Å²) in [6.07, 6.45) is 0. The van der Waals surface area contributed by atoms with Crippen LogP contribution in [0.15, 0.2) is 29.1 Å². The van der Waals surface area contributed by atoms with Crippen molar-refractivity contribution in [3.63, 3.8) is 0 Å². The maximum atomic E-state index is 12.5. The first-order valence-electron chi connectivity index (χ1n) is 4.66. The van der Waals surface area contributed by atoms with Crippen LogP contribution in [0.1, 0.15) is 0 Å². The standard InChI is InChI=1S/C9H7F3N2O3S/c1-13-6-4-2-3-5-7(6)14(8(13)15)18(16,17)9(10,11)12/h2-5H,1H3. The summed E-state index contributed by atoms with van der Waals surface area (Å²) in [5.41, 5.74) is -6.98. The number of para-hydroxylation sites is 2. The van der Waals surface area contributed by atoms with Crippen molar-refractivity contribution >= 4 is 21.1 Å². The highest BCUT2D eigenvalue weighted by molar-refractivity contribution is 7.90. The minimum absolute atomic E-state index is 0.107. The number of alkyl halides is 3. The number of hydrogen-bond donors (Lipinski definition) is 0. The Bertz CT molecular complexity index is 770. The van der Waals surface area contributed by atoms with E-state index in [0.29, 0.717) is 0 Å². The number of fused-ring (bicyclic) bond motifs is 1. The first kappa shape index (κ1) is 12.7. The Hall–Kier alpha value is -1.77. The van der Waals surface area contributed by atoms with Crippen molar-refractivity contribution in [2.75, 3.05) is 0 Å². The molecule has 0 fully saturated rings. The maximum Gasteiger partial charge on any atom is 0.517 e. The third-order valence-corrected chi connectivity index (χ3v) is 3.87. The van der Waals surface area contributed by atoms with Crippen molar-refractivity contribution < 1.29 is 21.6 Å². The Morgan fingerprint density at radius 1 is 1.11 bits per heavy atom. The summed E-state index contributed by atoms with van der Waals surface area (Å²) in [6.45, 7) is 0. The number of nitrogens with zero attached hydrogens (tertiary/aromatic N) is 2. The number of hydrogen-bond acceptors (Lipinski definition) is 3. The van der Waals surface area contributed by atoms with Gasteiger partial charge in [-0.05, 0) is 12.1 Å². The van der Waals surface area contributed by atoms with Gasteiger partial charge < -0.3 is 0 Å². The molecule has 5 nitrogen and oxygen atoms in total. The second kappa shape index (κ2) is 3.61. The number of rotatable bonds is 1. The van der Waals surface area contributed by atoms with Gasteiger partial charge in [-0.25, -0.2) is 4.79 Å². The Labute approximate surface area is 99.1 Å². The number of imidazole rings is 1. The van der Waals surface area contributed by atoms with Gasteiger partial charge >= 0.3 is 21.2 Å². The zero-order valence-corrected chi connectivity index (χ0v) is 9.79. The summed E-state index contributed by atoms with van der Waals surface area (Å²) in [7, 11) is -4.53. The van der Waals surface area contributed by atoms with Gasteiger partial charge in [0.1, 0.15) is 0 Å². The topological polar surface area (TPSA) is 61.1 Å². The van der Waals surface area contributed by atoms with Crippen molar-refractivity contribution in [3.8, 4) is 0 Å². The van der Waals surface area contributed by atoms with E-state index >= 15 is 0 Å². The van der Waals surface area contributed by atoms with Crippen LogP contribution in [0.4, 0.5) is 13.2 Å². The molecule has 0 saturated heterocycles. The molecule has 2 rings (SSSR count). The summed E-state index contributed by atoms with van der Waals surface area (Å²) >= 11 is 0. The van der Waals surface area contributed by atoms with Crippen molar-refractivity contribution in [2.24, 2.45) is 7.05 Å². The molecule has 0 unspecified atom stereocenters. The van der Waals surface area contributed by atoms with Gasteiger partial charge in [0.05, 0.1) is 11.0 Å². The van der Waals surface area contributed by atoms with Crippen LogP contribution in [0.3, 0.4) is 0 Å². The van der Waals surface area contributed by atoms with E-state index < -0.39 is 21.2 Å². The van der Waals surface area contributed by atoms with E-state index in [0.717, 1.165) is 10.6 Å². The summed E-state index contributed by atoms with van der Waals surface area (Å²) < 4.78 is 60.7. The Balaban J connectivity index is 2.99. The summed E-state index contributed by atoms with van der Waals surface area (Å²) in [5, 5.41) is 0. The average molecular weight is 280 g/mol. The fraction of sp³-hybridized carbons (Fsp3) is 0.222. The summed E-state index contributed by atoms with van der Waals surface area (Å²) in [5.74, 6) is 0. The minimum Gasteiger partial charge on any atom is -0.294 e. The Morgan fingerprint density at radius 3 is 2.11 bits per heavy atom. The van der Waals surface area contributed by atoms with E-state index in [1.807, 2.05) is 0 Å². The smallest absolute Gasteiger partial charge is 0.294 e. The second-order valence-corrected chi connectivity index (χ2v) is 5.32. The molecule has 0 bridgehead atoms. The highest BCUT2D eigenvalue weighted by Crippen LogP contribution is 2.27. The molecule has 0 saturated carbocycles. The predicted molar refractivity (Wildman–Crippen MR) is 57.6 cm³/mol. The van der Waals surface area contributed by atoms with Crippen molar-refractivity contribution in [1.29, 1.82) is 0 Å². The predicted octanol–water partition coefficient (Wildman–Crippen LogP) is 1.04. The van der Waals surface area contributed by atoms with Gasteiger partial charge in [-0.2, -0.15) is 25.6 Å². The largest absolute Gasteiger partial charge is 0.517 e. The van der Waals surface area contributed by atoms with Crippen molar-refractivity contribution in [3.05, 3.63) is 34.7 Å². The zero-order chi connectivity index (χ0) is 13.7. The number of aryl methyl sites for hydroxylation is 1.